The SMILES string of the molecule is CN(C)C1COC2(CCN(Cc3ccccn3)CC2)C1.O=C(O)C(F)(F)F.O=C(O)C(F)(F)F.O=C(O)C(F)(F)F. The Morgan fingerprint density at radius 1 is 0.902 bits per heavy atom. The molecule has 0 amide bonds. The standard InChI is InChI=1S/C16H25N3O.3C2HF3O2/c1-18(2)15-11-16(20-13-15)6-9-19(10-7-16)12-14-5-3-4-8-17-14;3*3-2(4,5)1(6)7/h3-5,8,15H,6-7,9-13H2,1-2H3;3*(H,6,7). The summed E-state index contributed by atoms with van der Waals surface area (Å²) in [5, 5.41) is 21.4. The number of piperidine rings is 1. The molecule has 3 heterocycles. The highest BCUT2D eigenvalue weighted by Gasteiger charge is 2.43. The molecule has 0 saturated carbocycles. The summed E-state index contributed by atoms with van der Waals surface area (Å²) in [7, 11) is 4.31. The topological polar surface area (TPSA) is 140 Å². The second kappa shape index (κ2) is 15.7. The van der Waals surface area contributed by atoms with E-state index in [4.69, 9.17) is 34.4 Å². The number of hydrogen-bond acceptors (Lipinski definition) is 7. The van der Waals surface area contributed by atoms with Crippen molar-refractivity contribution < 1.29 is 74.0 Å². The smallest absolute Gasteiger partial charge is 0.475 e. The van der Waals surface area contributed by atoms with Gasteiger partial charge in [0.15, 0.2) is 0 Å². The molecule has 0 radical (unpaired) electrons. The summed E-state index contributed by atoms with van der Waals surface area (Å²) in [5.41, 5.74) is 1.32. The van der Waals surface area contributed by atoms with Crippen molar-refractivity contribution in [1.82, 2.24) is 14.8 Å². The number of aliphatic carboxylic acids is 3. The first-order valence-corrected chi connectivity index (χ1v) is 11.3. The van der Waals surface area contributed by atoms with Crippen molar-refractivity contribution in [3.63, 3.8) is 0 Å². The zero-order valence-corrected chi connectivity index (χ0v) is 21.6. The van der Waals surface area contributed by atoms with Crippen molar-refractivity contribution in [2.75, 3.05) is 33.8 Å². The molecule has 1 aromatic heterocycles. The van der Waals surface area contributed by atoms with Crippen molar-refractivity contribution in [2.24, 2.45) is 0 Å². The highest BCUT2D eigenvalue weighted by atomic mass is 19.4. The number of ether oxygens (including phenoxy) is 1. The van der Waals surface area contributed by atoms with E-state index >= 15 is 0 Å². The van der Waals surface area contributed by atoms with Crippen molar-refractivity contribution in [3.05, 3.63) is 30.1 Å². The van der Waals surface area contributed by atoms with E-state index < -0.39 is 36.4 Å². The molecule has 2 saturated heterocycles. The highest BCUT2D eigenvalue weighted by molar-refractivity contribution is 5.73. The first-order chi connectivity index (χ1) is 18.5. The number of alkyl halides is 9. The van der Waals surface area contributed by atoms with Crippen LogP contribution in [0, 0.1) is 0 Å². The maximum absolute atomic E-state index is 10.6. The number of carboxylic acids is 3. The van der Waals surface area contributed by atoms with E-state index in [1.54, 1.807) is 0 Å². The van der Waals surface area contributed by atoms with Gasteiger partial charge >= 0.3 is 36.4 Å². The molecule has 3 rings (SSSR count). The lowest BCUT2D eigenvalue weighted by Gasteiger charge is -2.38. The van der Waals surface area contributed by atoms with Crippen LogP contribution in [0.15, 0.2) is 24.4 Å². The summed E-state index contributed by atoms with van der Waals surface area (Å²) in [6.07, 6.45) is -9.87. The van der Waals surface area contributed by atoms with Gasteiger partial charge in [-0.15, -0.1) is 0 Å². The molecule has 1 unspecified atom stereocenters. The Bertz CT molecular complexity index is 907. The van der Waals surface area contributed by atoms with Crippen LogP contribution in [0.5, 0.6) is 0 Å². The molecule has 0 aliphatic carbocycles. The fourth-order valence-electron chi connectivity index (χ4n) is 3.34. The largest absolute Gasteiger partial charge is 0.490 e. The molecule has 0 aromatic carbocycles. The number of halogens is 9. The quantitative estimate of drug-likeness (QED) is 0.431. The molecule has 2 aliphatic heterocycles. The number of pyridine rings is 1. The number of likely N-dealkylation sites (N-methyl/N-ethyl adjacent to an activating group) is 1. The predicted molar refractivity (Wildman–Crippen MR) is 121 cm³/mol. The maximum Gasteiger partial charge on any atom is 0.490 e. The Kier molecular flexibility index (Phi) is 14.5. The Morgan fingerprint density at radius 3 is 1.61 bits per heavy atom. The van der Waals surface area contributed by atoms with Crippen molar-refractivity contribution in [3.8, 4) is 0 Å². The van der Waals surface area contributed by atoms with Gasteiger partial charge in [-0.05, 0) is 45.5 Å². The molecule has 2 fully saturated rings. The van der Waals surface area contributed by atoms with Gasteiger partial charge in [0, 0.05) is 31.9 Å². The molecular weight excluding hydrogens is 589 g/mol. The predicted octanol–water partition coefficient (Wildman–Crippen LogP) is 3.67. The third-order valence-electron chi connectivity index (χ3n) is 5.53. The first kappa shape index (κ1) is 37.8. The Hall–Kier alpha value is -3.19. The molecule has 19 heteroatoms. The first-order valence-electron chi connectivity index (χ1n) is 11.3. The number of aromatic nitrogens is 1. The molecule has 1 aromatic rings. The fourth-order valence-corrected chi connectivity index (χ4v) is 3.34. The summed E-state index contributed by atoms with van der Waals surface area (Å²) in [6, 6.07) is 6.74. The summed E-state index contributed by atoms with van der Waals surface area (Å²) in [5.74, 6) is -8.27. The minimum absolute atomic E-state index is 0.148. The van der Waals surface area contributed by atoms with Gasteiger partial charge in [-0.2, -0.15) is 39.5 Å². The second-order valence-corrected chi connectivity index (χ2v) is 8.82. The number of carboxylic acid groups (broad SMARTS) is 3. The molecule has 10 nitrogen and oxygen atoms in total. The lowest BCUT2D eigenvalue weighted by Crippen LogP contribution is -2.44. The van der Waals surface area contributed by atoms with E-state index in [0.717, 1.165) is 39.1 Å². The Labute approximate surface area is 227 Å². The number of nitrogens with zero attached hydrogens (tertiary/aromatic N) is 3. The minimum atomic E-state index is -5.08. The number of likely N-dealkylation sites (tertiary alicyclic amines) is 1. The Balaban J connectivity index is 0.000000631. The molecular formula is C22H28F9N3O7. The van der Waals surface area contributed by atoms with E-state index in [-0.39, 0.29) is 5.60 Å². The van der Waals surface area contributed by atoms with Crippen LogP contribution in [0.3, 0.4) is 0 Å². The van der Waals surface area contributed by atoms with Gasteiger partial charge in [-0.25, -0.2) is 14.4 Å². The average molecular weight is 617 g/mol. The van der Waals surface area contributed by atoms with Crippen LogP contribution < -0.4 is 0 Å². The fraction of sp³-hybridized carbons (Fsp3) is 0.636. The van der Waals surface area contributed by atoms with Gasteiger partial charge in [-0.3, -0.25) is 9.88 Å². The summed E-state index contributed by atoms with van der Waals surface area (Å²) in [4.78, 5) is 35.9. The van der Waals surface area contributed by atoms with Crippen molar-refractivity contribution in [1.29, 1.82) is 0 Å². The van der Waals surface area contributed by atoms with E-state index in [9.17, 15) is 39.5 Å². The van der Waals surface area contributed by atoms with E-state index in [1.165, 1.54) is 12.1 Å². The van der Waals surface area contributed by atoms with Crippen LogP contribution in [0.25, 0.3) is 0 Å². The van der Waals surface area contributed by atoms with Crippen LogP contribution in [0.2, 0.25) is 0 Å². The lowest BCUT2D eigenvalue weighted by atomic mass is 9.87. The van der Waals surface area contributed by atoms with E-state index in [2.05, 4.69) is 41.0 Å². The van der Waals surface area contributed by atoms with Crippen LogP contribution >= 0.6 is 0 Å². The molecule has 41 heavy (non-hydrogen) atoms. The molecule has 236 valence electrons. The molecule has 1 atom stereocenters. The van der Waals surface area contributed by atoms with E-state index in [0.29, 0.717) is 6.04 Å². The number of hydrogen-bond donors (Lipinski definition) is 3. The van der Waals surface area contributed by atoms with Crippen LogP contribution in [0.4, 0.5) is 39.5 Å². The van der Waals surface area contributed by atoms with E-state index in [1.807, 2.05) is 12.3 Å². The van der Waals surface area contributed by atoms with Gasteiger partial charge in [0.25, 0.3) is 0 Å². The summed E-state index contributed by atoms with van der Waals surface area (Å²) < 4.78 is 101. The number of carbonyl (C=O) groups is 3. The van der Waals surface area contributed by atoms with Gasteiger partial charge in [0.1, 0.15) is 0 Å². The van der Waals surface area contributed by atoms with Gasteiger partial charge < -0.3 is 25.0 Å². The lowest BCUT2D eigenvalue weighted by molar-refractivity contribution is -0.193. The van der Waals surface area contributed by atoms with Gasteiger partial charge in [0.05, 0.1) is 17.9 Å². The van der Waals surface area contributed by atoms with Crippen LogP contribution in [-0.2, 0) is 25.7 Å². The number of rotatable bonds is 3. The minimum Gasteiger partial charge on any atom is -0.475 e. The van der Waals surface area contributed by atoms with Gasteiger partial charge in [-0.1, -0.05) is 6.07 Å². The third-order valence-corrected chi connectivity index (χ3v) is 5.53. The van der Waals surface area contributed by atoms with Crippen LogP contribution in [0.1, 0.15) is 25.0 Å². The zero-order valence-electron chi connectivity index (χ0n) is 21.6. The summed E-state index contributed by atoms with van der Waals surface area (Å²) >= 11 is 0. The molecule has 0 bridgehead atoms. The zero-order chi connectivity index (χ0) is 32.2. The third kappa shape index (κ3) is 15.4. The average Bonchev–Trinajstić information content (AvgIpc) is 3.25. The second-order valence-electron chi connectivity index (χ2n) is 8.82. The Morgan fingerprint density at radius 2 is 1.32 bits per heavy atom. The normalized spacial score (nSPS) is 18.7. The van der Waals surface area contributed by atoms with Crippen molar-refractivity contribution in [2.45, 2.75) is 56.0 Å². The van der Waals surface area contributed by atoms with Crippen molar-refractivity contribution >= 4 is 17.9 Å². The monoisotopic (exact) mass is 617 g/mol. The summed E-state index contributed by atoms with van der Waals surface area (Å²) in [6.45, 7) is 4.11. The molecule has 2 aliphatic rings. The molecule has 3 N–H and O–H groups in total. The van der Waals surface area contributed by atoms with Gasteiger partial charge in [0.2, 0.25) is 0 Å². The highest BCUT2D eigenvalue weighted by Crippen LogP contribution is 2.37. The van der Waals surface area contributed by atoms with Crippen LogP contribution in [-0.4, -0.2) is 112 Å². The maximum atomic E-state index is 10.6. The molecule has 1 spiro atoms.